The van der Waals surface area contributed by atoms with Crippen LogP contribution in [0, 0.1) is 16.0 Å². The topological polar surface area (TPSA) is 92.5 Å². The molecule has 6 nitrogen and oxygen atoms in total. The van der Waals surface area contributed by atoms with Gasteiger partial charge in [-0.05, 0) is 30.9 Å². The van der Waals surface area contributed by atoms with Crippen LogP contribution in [0.2, 0.25) is 5.02 Å². The highest BCUT2D eigenvalue weighted by Crippen LogP contribution is 2.32. The number of rotatable bonds is 5. The van der Waals surface area contributed by atoms with E-state index in [1.54, 1.807) is 0 Å². The van der Waals surface area contributed by atoms with E-state index >= 15 is 0 Å². The first-order valence-corrected chi connectivity index (χ1v) is 7.30. The van der Waals surface area contributed by atoms with Gasteiger partial charge in [-0.1, -0.05) is 30.9 Å². The summed E-state index contributed by atoms with van der Waals surface area (Å²) in [4.78, 5) is 22.0. The zero-order valence-corrected chi connectivity index (χ0v) is 12.2. The molecule has 0 radical (unpaired) electrons. The average molecular weight is 313 g/mol. The molecule has 1 fully saturated rings. The molecule has 0 aromatic heterocycles. The van der Waals surface area contributed by atoms with E-state index in [4.69, 9.17) is 11.6 Å². The summed E-state index contributed by atoms with van der Waals surface area (Å²) in [6.07, 6.45) is 4.73. The van der Waals surface area contributed by atoms with Crippen LogP contribution >= 0.6 is 11.6 Å². The summed E-state index contributed by atoms with van der Waals surface area (Å²) in [7, 11) is 0. The fourth-order valence-corrected chi connectivity index (χ4v) is 2.97. The minimum absolute atomic E-state index is 0.0187. The SMILES string of the molecule is O=C(O)C(Nc1cc(Cl)ccc1[N+](=O)[O-])C1CCCCC1. The molecule has 1 aliphatic carbocycles. The van der Waals surface area contributed by atoms with Crippen LogP contribution in [-0.2, 0) is 4.79 Å². The van der Waals surface area contributed by atoms with Crippen molar-refractivity contribution in [2.45, 2.75) is 38.1 Å². The number of anilines is 1. The number of halogens is 1. The molecule has 1 aromatic rings. The van der Waals surface area contributed by atoms with E-state index in [-0.39, 0.29) is 17.3 Å². The Morgan fingerprint density at radius 3 is 2.62 bits per heavy atom. The Kier molecular flexibility index (Phi) is 5.01. The predicted octanol–water partition coefficient (Wildman–Crippen LogP) is 3.69. The second-order valence-corrected chi connectivity index (χ2v) is 5.71. The van der Waals surface area contributed by atoms with Crippen molar-refractivity contribution in [3.8, 4) is 0 Å². The molecule has 0 spiro atoms. The predicted molar refractivity (Wildman–Crippen MR) is 79.7 cm³/mol. The Bertz CT molecular complexity index is 544. The van der Waals surface area contributed by atoms with Crippen molar-refractivity contribution in [2.24, 2.45) is 5.92 Å². The van der Waals surface area contributed by atoms with Gasteiger partial charge in [-0.15, -0.1) is 0 Å². The smallest absolute Gasteiger partial charge is 0.326 e. The van der Waals surface area contributed by atoms with E-state index in [0.29, 0.717) is 5.02 Å². The number of hydrogen-bond acceptors (Lipinski definition) is 4. The van der Waals surface area contributed by atoms with Gasteiger partial charge in [-0.3, -0.25) is 10.1 Å². The molecule has 2 rings (SSSR count). The van der Waals surface area contributed by atoms with E-state index in [1.807, 2.05) is 0 Å². The lowest BCUT2D eigenvalue weighted by Gasteiger charge is -2.28. The average Bonchev–Trinajstić information content (AvgIpc) is 2.45. The van der Waals surface area contributed by atoms with Crippen molar-refractivity contribution in [1.82, 2.24) is 0 Å². The van der Waals surface area contributed by atoms with E-state index in [2.05, 4.69) is 5.32 Å². The number of carboxylic acids is 1. The molecule has 0 bridgehead atoms. The van der Waals surface area contributed by atoms with Crippen molar-refractivity contribution in [1.29, 1.82) is 0 Å². The van der Waals surface area contributed by atoms with Gasteiger partial charge < -0.3 is 10.4 Å². The van der Waals surface area contributed by atoms with E-state index in [0.717, 1.165) is 32.1 Å². The maximum atomic E-state index is 11.5. The Labute approximate surface area is 127 Å². The molecule has 0 saturated heterocycles. The number of carbonyl (C=O) groups is 1. The minimum Gasteiger partial charge on any atom is -0.480 e. The van der Waals surface area contributed by atoms with Gasteiger partial charge in [-0.25, -0.2) is 4.79 Å². The third-order valence-electron chi connectivity index (χ3n) is 3.85. The highest BCUT2D eigenvalue weighted by Gasteiger charge is 2.31. The normalized spacial score (nSPS) is 17.2. The monoisotopic (exact) mass is 312 g/mol. The van der Waals surface area contributed by atoms with Crippen molar-refractivity contribution in [3.05, 3.63) is 33.3 Å². The van der Waals surface area contributed by atoms with Gasteiger partial charge >= 0.3 is 5.97 Å². The molecule has 114 valence electrons. The molecule has 1 aromatic carbocycles. The second-order valence-electron chi connectivity index (χ2n) is 5.28. The summed E-state index contributed by atoms with van der Waals surface area (Å²) in [6, 6.07) is 3.27. The molecular formula is C14H17ClN2O4. The Morgan fingerprint density at radius 2 is 2.05 bits per heavy atom. The maximum Gasteiger partial charge on any atom is 0.326 e. The van der Waals surface area contributed by atoms with Gasteiger partial charge in [0.1, 0.15) is 11.7 Å². The number of benzene rings is 1. The quantitative estimate of drug-likeness (QED) is 0.639. The summed E-state index contributed by atoms with van der Waals surface area (Å²) >= 11 is 5.86. The number of nitrogens with zero attached hydrogens (tertiary/aromatic N) is 1. The molecule has 21 heavy (non-hydrogen) atoms. The zero-order chi connectivity index (χ0) is 15.4. The van der Waals surface area contributed by atoms with Gasteiger partial charge in [-0.2, -0.15) is 0 Å². The third-order valence-corrected chi connectivity index (χ3v) is 4.09. The molecule has 7 heteroatoms. The number of nitro groups is 1. The van der Waals surface area contributed by atoms with Crippen LogP contribution in [0.25, 0.3) is 0 Å². The van der Waals surface area contributed by atoms with Gasteiger partial charge in [0.15, 0.2) is 0 Å². The summed E-state index contributed by atoms with van der Waals surface area (Å²) in [5.74, 6) is -1.01. The Morgan fingerprint density at radius 1 is 1.38 bits per heavy atom. The van der Waals surface area contributed by atoms with Gasteiger partial charge in [0.2, 0.25) is 0 Å². The van der Waals surface area contributed by atoms with Crippen LogP contribution < -0.4 is 5.32 Å². The van der Waals surface area contributed by atoms with Crippen LogP contribution in [0.15, 0.2) is 18.2 Å². The number of nitrogens with one attached hydrogen (secondary N) is 1. The van der Waals surface area contributed by atoms with E-state index in [9.17, 15) is 20.0 Å². The van der Waals surface area contributed by atoms with Gasteiger partial charge in [0.05, 0.1) is 4.92 Å². The molecule has 2 N–H and O–H groups in total. The summed E-state index contributed by atoms with van der Waals surface area (Å²) < 4.78 is 0. The van der Waals surface area contributed by atoms with Crippen molar-refractivity contribution in [2.75, 3.05) is 5.32 Å². The number of carboxylic acid groups (broad SMARTS) is 1. The fourth-order valence-electron chi connectivity index (χ4n) is 2.80. The highest BCUT2D eigenvalue weighted by atomic mass is 35.5. The third kappa shape index (κ3) is 3.85. The lowest BCUT2D eigenvalue weighted by atomic mass is 9.84. The molecule has 0 aliphatic heterocycles. The lowest BCUT2D eigenvalue weighted by Crippen LogP contribution is -2.38. The first-order chi connectivity index (χ1) is 9.99. The van der Waals surface area contributed by atoms with Crippen LogP contribution in [0.3, 0.4) is 0 Å². The molecule has 1 aliphatic rings. The fraction of sp³-hybridized carbons (Fsp3) is 0.500. The van der Waals surface area contributed by atoms with Crippen LogP contribution in [0.4, 0.5) is 11.4 Å². The van der Waals surface area contributed by atoms with Gasteiger partial charge in [0.25, 0.3) is 5.69 Å². The maximum absolute atomic E-state index is 11.5. The number of hydrogen-bond donors (Lipinski definition) is 2. The summed E-state index contributed by atoms with van der Waals surface area (Å²) in [5.41, 5.74) is -0.00747. The van der Waals surface area contributed by atoms with Crippen molar-refractivity contribution in [3.63, 3.8) is 0 Å². The lowest BCUT2D eigenvalue weighted by molar-refractivity contribution is -0.384. The molecule has 0 amide bonds. The molecule has 1 unspecified atom stereocenters. The standard InChI is InChI=1S/C14H17ClN2O4/c15-10-6-7-12(17(20)21)11(8-10)16-13(14(18)19)9-4-2-1-3-5-9/h6-9,13,16H,1-5H2,(H,18,19). The largest absolute Gasteiger partial charge is 0.480 e. The molecule has 0 heterocycles. The number of nitro benzene ring substituents is 1. The van der Waals surface area contributed by atoms with E-state index < -0.39 is 16.9 Å². The first-order valence-electron chi connectivity index (χ1n) is 6.92. The minimum atomic E-state index is -0.990. The van der Waals surface area contributed by atoms with Crippen LogP contribution in [0.5, 0.6) is 0 Å². The summed E-state index contributed by atoms with van der Waals surface area (Å²) in [6.45, 7) is 0. The molecular weight excluding hydrogens is 296 g/mol. The van der Waals surface area contributed by atoms with Crippen molar-refractivity contribution < 1.29 is 14.8 Å². The summed E-state index contributed by atoms with van der Waals surface area (Å²) in [5, 5.41) is 23.6. The van der Waals surface area contributed by atoms with Gasteiger partial charge in [0, 0.05) is 11.1 Å². The molecule has 1 saturated carbocycles. The zero-order valence-electron chi connectivity index (χ0n) is 11.4. The Hall–Kier alpha value is -1.82. The van der Waals surface area contributed by atoms with Crippen LogP contribution in [-0.4, -0.2) is 22.0 Å². The van der Waals surface area contributed by atoms with E-state index in [1.165, 1.54) is 18.2 Å². The van der Waals surface area contributed by atoms with Crippen molar-refractivity contribution >= 4 is 28.9 Å². The molecule has 1 atom stereocenters. The number of aliphatic carboxylic acids is 1. The second kappa shape index (κ2) is 6.76. The van der Waals surface area contributed by atoms with Crippen LogP contribution in [0.1, 0.15) is 32.1 Å². The Balaban J connectivity index is 2.26. The first kappa shape index (κ1) is 15.6. The highest BCUT2D eigenvalue weighted by molar-refractivity contribution is 6.31.